The standard InChI is InChI=1S/C15H16ClN3O/c1-11-2-3-12(10-13(11)16)4-5-15(20)19-7-6-14-17-8-9-18-14/h2-5,8-10H,6-7H2,1H3,(H,17,18)(H,19,20)/b5-4+. The van der Waals surface area contributed by atoms with Crippen LogP contribution in [0.3, 0.4) is 0 Å². The number of benzene rings is 1. The maximum absolute atomic E-state index is 11.6. The van der Waals surface area contributed by atoms with E-state index in [0.29, 0.717) is 18.0 Å². The summed E-state index contributed by atoms with van der Waals surface area (Å²) in [7, 11) is 0. The van der Waals surface area contributed by atoms with Gasteiger partial charge in [0.25, 0.3) is 0 Å². The number of aromatic nitrogens is 2. The van der Waals surface area contributed by atoms with Crippen LogP contribution in [0, 0.1) is 6.92 Å². The number of hydrogen-bond acceptors (Lipinski definition) is 2. The third-order valence-electron chi connectivity index (χ3n) is 2.84. The molecule has 2 rings (SSSR count). The summed E-state index contributed by atoms with van der Waals surface area (Å²) in [6.45, 7) is 2.49. The molecule has 0 aliphatic rings. The molecule has 104 valence electrons. The zero-order valence-electron chi connectivity index (χ0n) is 11.2. The third kappa shape index (κ3) is 4.24. The smallest absolute Gasteiger partial charge is 0.244 e. The van der Waals surface area contributed by atoms with Crippen molar-refractivity contribution in [1.82, 2.24) is 15.3 Å². The van der Waals surface area contributed by atoms with Gasteiger partial charge in [-0.3, -0.25) is 4.79 Å². The van der Waals surface area contributed by atoms with Crippen LogP contribution in [0.4, 0.5) is 0 Å². The lowest BCUT2D eigenvalue weighted by atomic mass is 10.1. The lowest BCUT2D eigenvalue weighted by molar-refractivity contribution is -0.116. The predicted octanol–water partition coefficient (Wildman–Crippen LogP) is 2.74. The third-order valence-corrected chi connectivity index (χ3v) is 3.25. The fourth-order valence-corrected chi connectivity index (χ4v) is 1.87. The van der Waals surface area contributed by atoms with Gasteiger partial charge in [-0.1, -0.05) is 23.7 Å². The van der Waals surface area contributed by atoms with Crippen LogP contribution in [-0.4, -0.2) is 22.4 Å². The first-order valence-electron chi connectivity index (χ1n) is 6.35. The average molecular weight is 290 g/mol. The average Bonchev–Trinajstić information content (AvgIpc) is 2.93. The van der Waals surface area contributed by atoms with Crippen molar-refractivity contribution in [3.8, 4) is 0 Å². The van der Waals surface area contributed by atoms with Crippen molar-refractivity contribution >= 4 is 23.6 Å². The summed E-state index contributed by atoms with van der Waals surface area (Å²) >= 11 is 6.02. The molecule has 2 N–H and O–H groups in total. The van der Waals surface area contributed by atoms with E-state index in [2.05, 4.69) is 15.3 Å². The molecule has 0 atom stereocenters. The zero-order chi connectivity index (χ0) is 14.4. The van der Waals surface area contributed by atoms with Gasteiger partial charge in [-0.15, -0.1) is 0 Å². The SMILES string of the molecule is Cc1ccc(/C=C/C(=O)NCCc2ncc[nH]2)cc1Cl. The second-order valence-electron chi connectivity index (χ2n) is 4.42. The Morgan fingerprint density at radius 3 is 3.05 bits per heavy atom. The lowest BCUT2D eigenvalue weighted by Gasteiger charge is -2.01. The van der Waals surface area contributed by atoms with Crippen LogP contribution in [0.15, 0.2) is 36.7 Å². The molecule has 1 aromatic heterocycles. The summed E-state index contributed by atoms with van der Waals surface area (Å²) in [6, 6.07) is 5.69. The molecular weight excluding hydrogens is 274 g/mol. The van der Waals surface area contributed by atoms with E-state index in [0.717, 1.165) is 17.0 Å². The van der Waals surface area contributed by atoms with Crippen molar-refractivity contribution in [2.24, 2.45) is 0 Å². The highest BCUT2D eigenvalue weighted by Crippen LogP contribution is 2.17. The Morgan fingerprint density at radius 1 is 1.50 bits per heavy atom. The van der Waals surface area contributed by atoms with Crippen molar-refractivity contribution < 1.29 is 4.79 Å². The van der Waals surface area contributed by atoms with E-state index in [4.69, 9.17) is 11.6 Å². The normalized spacial score (nSPS) is 10.9. The summed E-state index contributed by atoms with van der Waals surface area (Å²) in [5, 5.41) is 3.50. The molecule has 0 aliphatic heterocycles. The first-order valence-corrected chi connectivity index (χ1v) is 6.73. The van der Waals surface area contributed by atoms with E-state index in [1.165, 1.54) is 6.08 Å². The monoisotopic (exact) mass is 289 g/mol. The van der Waals surface area contributed by atoms with Gasteiger partial charge in [0.05, 0.1) is 0 Å². The molecule has 20 heavy (non-hydrogen) atoms. The highest BCUT2D eigenvalue weighted by atomic mass is 35.5. The zero-order valence-corrected chi connectivity index (χ0v) is 11.9. The topological polar surface area (TPSA) is 57.8 Å². The fraction of sp³-hybridized carbons (Fsp3) is 0.200. The molecule has 0 aliphatic carbocycles. The number of carbonyl (C=O) groups excluding carboxylic acids is 1. The molecule has 0 fully saturated rings. The summed E-state index contributed by atoms with van der Waals surface area (Å²) in [6.07, 6.45) is 7.38. The molecule has 1 heterocycles. The number of nitrogens with zero attached hydrogens (tertiary/aromatic N) is 1. The van der Waals surface area contributed by atoms with E-state index in [9.17, 15) is 4.79 Å². The molecule has 4 nitrogen and oxygen atoms in total. The molecule has 5 heteroatoms. The number of imidazole rings is 1. The molecule has 1 aromatic carbocycles. The maximum Gasteiger partial charge on any atom is 0.244 e. The van der Waals surface area contributed by atoms with Gasteiger partial charge < -0.3 is 10.3 Å². The summed E-state index contributed by atoms with van der Waals surface area (Å²) in [4.78, 5) is 18.7. The molecule has 1 amide bonds. The first-order chi connectivity index (χ1) is 9.65. The minimum absolute atomic E-state index is 0.131. The number of hydrogen-bond donors (Lipinski definition) is 2. The Morgan fingerprint density at radius 2 is 2.35 bits per heavy atom. The van der Waals surface area contributed by atoms with Crippen molar-refractivity contribution in [2.45, 2.75) is 13.3 Å². The second kappa shape index (κ2) is 6.91. The number of halogens is 1. The first kappa shape index (κ1) is 14.3. The number of aryl methyl sites for hydroxylation is 1. The quantitative estimate of drug-likeness (QED) is 0.832. The number of amides is 1. The minimum Gasteiger partial charge on any atom is -0.352 e. The molecule has 0 spiro atoms. The number of nitrogens with one attached hydrogen (secondary N) is 2. The van der Waals surface area contributed by atoms with E-state index >= 15 is 0 Å². The Bertz CT molecular complexity index is 606. The molecule has 0 saturated heterocycles. The van der Waals surface area contributed by atoms with Crippen LogP contribution in [-0.2, 0) is 11.2 Å². The Labute approximate surface area is 122 Å². The highest BCUT2D eigenvalue weighted by molar-refractivity contribution is 6.31. The van der Waals surface area contributed by atoms with Crippen molar-refractivity contribution in [1.29, 1.82) is 0 Å². The predicted molar refractivity (Wildman–Crippen MR) is 80.5 cm³/mol. The Kier molecular flexibility index (Phi) is 4.96. The van der Waals surface area contributed by atoms with Crippen LogP contribution in [0.1, 0.15) is 17.0 Å². The number of rotatable bonds is 5. The molecule has 0 saturated carbocycles. The number of aromatic amines is 1. The molecule has 2 aromatic rings. The van der Waals surface area contributed by atoms with Crippen LogP contribution in [0.5, 0.6) is 0 Å². The largest absolute Gasteiger partial charge is 0.352 e. The highest BCUT2D eigenvalue weighted by Gasteiger charge is 1.99. The molecule has 0 unspecified atom stereocenters. The van der Waals surface area contributed by atoms with Gasteiger partial charge in [0, 0.05) is 36.5 Å². The Balaban J connectivity index is 1.81. The minimum atomic E-state index is -0.131. The van der Waals surface area contributed by atoms with Crippen molar-refractivity contribution in [2.75, 3.05) is 6.54 Å². The van der Waals surface area contributed by atoms with Crippen LogP contribution < -0.4 is 5.32 Å². The molecular formula is C15H16ClN3O. The van der Waals surface area contributed by atoms with Crippen molar-refractivity contribution in [3.05, 3.63) is 58.6 Å². The summed E-state index contributed by atoms with van der Waals surface area (Å²) in [5.74, 6) is 0.729. The Hall–Kier alpha value is -2.07. The van der Waals surface area contributed by atoms with Crippen LogP contribution in [0.2, 0.25) is 5.02 Å². The summed E-state index contributed by atoms with van der Waals surface area (Å²) in [5.41, 5.74) is 1.92. The van der Waals surface area contributed by atoms with E-state index < -0.39 is 0 Å². The molecule has 0 radical (unpaired) electrons. The maximum atomic E-state index is 11.6. The summed E-state index contributed by atoms with van der Waals surface area (Å²) < 4.78 is 0. The second-order valence-corrected chi connectivity index (χ2v) is 4.83. The van der Waals surface area contributed by atoms with Gasteiger partial charge in [0.15, 0.2) is 0 Å². The number of carbonyl (C=O) groups is 1. The van der Waals surface area contributed by atoms with Gasteiger partial charge in [0.2, 0.25) is 5.91 Å². The molecule has 0 bridgehead atoms. The number of H-pyrrole nitrogens is 1. The van der Waals surface area contributed by atoms with Gasteiger partial charge >= 0.3 is 0 Å². The van der Waals surface area contributed by atoms with E-state index in [-0.39, 0.29) is 5.91 Å². The van der Waals surface area contributed by atoms with Crippen molar-refractivity contribution in [3.63, 3.8) is 0 Å². The van der Waals surface area contributed by atoms with E-state index in [1.54, 1.807) is 18.5 Å². The lowest BCUT2D eigenvalue weighted by Crippen LogP contribution is -2.23. The van der Waals surface area contributed by atoms with Crippen LogP contribution in [0.25, 0.3) is 6.08 Å². The fourth-order valence-electron chi connectivity index (χ4n) is 1.68. The van der Waals surface area contributed by atoms with Gasteiger partial charge in [0.1, 0.15) is 5.82 Å². The van der Waals surface area contributed by atoms with Gasteiger partial charge in [-0.05, 0) is 30.2 Å². The van der Waals surface area contributed by atoms with Gasteiger partial charge in [-0.2, -0.15) is 0 Å². The van der Waals surface area contributed by atoms with Gasteiger partial charge in [-0.25, -0.2) is 4.98 Å². The van der Waals surface area contributed by atoms with E-state index in [1.807, 2.05) is 25.1 Å². The van der Waals surface area contributed by atoms with Crippen LogP contribution >= 0.6 is 11.6 Å².